The van der Waals surface area contributed by atoms with Gasteiger partial charge in [0.1, 0.15) is 29.1 Å². The van der Waals surface area contributed by atoms with Gasteiger partial charge in [0.2, 0.25) is 0 Å². The Morgan fingerprint density at radius 1 is 1.16 bits per heavy atom. The van der Waals surface area contributed by atoms with Gasteiger partial charge in [-0.15, -0.1) is 0 Å². The van der Waals surface area contributed by atoms with Gasteiger partial charge >= 0.3 is 11.7 Å². The zero-order valence-corrected chi connectivity index (χ0v) is 14.3. The molecule has 3 rings (SSSR count). The molecule has 1 aromatic carbocycles. The summed E-state index contributed by atoms with van der Waals surface area (Å²) in [6.45, 7) is 5.87. The number of furan rings is 1. The van der Waals surface area contributed by atoms with Crippen LogP contribution in [0.5, 0.6) is 5.75 Å². The first kappa shape index (κ1) is 16.9. The maximum absolute atomic E-state index is 11.6. The van der Waals surface area contributed by atoms with Gasteiger partial charge in [-0.05, 0) is 32.9 Å². The van der Waals surface area contributed by atoms with E-state index in [1.165, 1.54) is 12.3 Å². The number of carbonyl (C=O) groups is 1. The van der Waals surface area contributed by atoms with Crippen molar-refractivity contribution >= 4 is 28.0 Å². The third-order valence-electron chi connectivity index (χ3n) is 3.33. The Labute approximate surface area is 143 Å². The van der Waals surface area contributed by atoms with Gasteiger partial charge < -0.3 is 23.6 Å². The first-order chi connectivity index (χ1) is 11.8. The zero-order valence-electron chi connectivity index (χ0n) is 14.3. The van der Waals surface area contributed by atoms with Crippen LogP contribution < -0.4 is 15.7 Å². The third-order valence-corrected chi connectivity index (χ3v) is 3.33. The first-order valence-electron chi connectivity index (χ1n) is 7.87. The van der Waals surface area contributed by atoms with E-state index in [1.54, 1.807) is 39.0 Å². The second kappa shape index (κ2) is 6.51. The predicted octanol–water partition coefficient (Wildman–Crippen LogP) is 3.44. The molecule has 0 unspecified atom stereocenters. The van der Waals surface area contributed by atoms with Crippen molar-refractivity contribution < 1.29 is 23.1 Å². The minimum atomic E-state index is -0.554. The second-order valence-electron chi connectivity index (χ2n) is 6.48. The molecular weight excluding hydrogens is 326 g/mol. The summed E-state index contributed by atoms with van der Waals surface area (Å²) in [5.41, 5.74) is -0.0703. The average Bonchev–Trinajstić information content (AvgIpc) is 2.96. The van der Waals surface area contributed by atoms with Crippen LogP contribution in [-0.2, 0) is 4.74 Å². The largest absolute Gasteiger partial charge is 0.490 e. The van der Waals surface area contributed by atoms with E-state index in [4.69, 9.17) is 18.3 Å². The molecule has 0 aliphatic carbocycles. The lowest BCUT2D eigenvalue weighted by Gasteiger charge is -2.19. The van der Waals surface area contributed by atoms with E-state index >= 15 is 0 Å². The number of fused-ring (bicyclic) bond motifs is 2. The molecule has 7 nitrogen and oxygen atoms in total. The van der Waals surface area contributed by atoms with E-state index in [0.29, 0.717) is 22.3 Å². The van der Waals surface area contributed by atoms with Crippen LogP contribution in [-0.4, -0.2) is 24.8 Å². The van der Waals surface area contributed by atoms with Crippen LogP contribution in [0.25, 0.3) is 21.9 Å². The first-order valence-corrected chi connectivity index (χ1v) is 7.87. The van der Waals surface area contributed by atoms with Crippen molar-refractivity contribution in [1.29, 1.82) is 0 Å². The molecule has 0 saturated heterocycles. The van der Waals surface area contributed by atoms with Gasteiger partial charge in [-0.1, -0.05) is 0 Å². The maximum Gasteiger partial charge on any atom is 0.407 e. The topological polar surface area (TPSA) is 90.9 Å². The molecule has 0 radical (unpaired) electrons. The molecule has 0 spiro atoms. The summed E-state index contributed by atoms with van der Waals surface area (Å²) in [5.74, 6) is 0.538. The van der Waals surface area contributed by atoms with Gasteiger partial charge in [-0.3, -0.25) is 0 Å². The Morgan fingerprint density at radius 2 is 1.92 bits per heavy atom. The maximum atomic E-state index is 11.6. The number of ether oxygens (including phenoxy) is 2. The SMILES string of the molecule is CC(C)(C)OC(=O)NCCOc1c2ccoc2cc2oc(=O)ccc12. The minimum Gasteiger partial charge on any atom is -0.490 e. The summed E-state index contributed by atoms with van der Waals surface area (Å²) in [7, 11) is 0. The van der Waals surface area contributed by atoms with E-state index in [1.807, 2.05) is 0 Å². The second-order valence-corrected chi connectivity index (χ2v) is 6.48. The van der Waals surface area contributed by atoms with Crippen molar-refractivity contribution in [3.8, 4) is 5.75 Å². The van der Waals surface area contributed by atoms with Gasteiger partial charge in [-0.25, -0.2) is 9.59 Å². The molecule has 3 aromatic rings. The lowest BCUT2D eigenvalue weighted by Crippen LogP contribution is -2.34. The van der Waals surface area contributed by atoms with Crippen molar-refractivity contribution in [3.63, 3.8) is 0 Å². The molecule has 2 aromatic heterocycles. The van der Waals surface area contributed by atoms with E-state index in [9.17, 15) is 9.59 Å². The van der Waals surface area contributed by atoms with E-state index in [0.717, 1.165) is 5.39 Å². The summed E-state index contributed by atoms with van der Waals surface area (Å²) in [5, 5.41) is 4.05. The molecule has 132 valence electrons. The highest BCUT2D eigenvalue weighted by Gasteiger charge is 2.16. The van der Waals surface area contributed by atoms with Gasteiger partial charge in [0, 0.05) is 12.1 Å². The van der Waals surface area contributed by atoms with Crippen molar-refractivity contribution in [2.24, 2.45) is 0 Å². The van der Waals surface area contributed by atoms with Crippen LogP contribution >= 0.6 is 0 Å². The predicted molar refractivity (Wildman–Crippen MR) is 92.0 cm³/mol. The Bertz CT molecular complexity index is 963. The summed E-state index contributed by atoms with van der Waals surface area (Å²) in [6.07, 6.45) is 1.03. The molecule has 0 aliphatic heterocycles. The summed E-state index contributed by atoms with van der Waals surface area (Å²) in [6, 6.07) is 6.40. The molecule has 25 heavy (non-hydrogen) atoms. The normalized spacial score (nSPS) is 11.6. The van der Waals surface area contributed by atoms with Gasteiger partial charge in [0.05, 0.1) is 23.6 Å². The smallest absolute Gasteiger partial charge is 0.407 e. The minimum absolute atomic E-state index is 0.220. The van der Waals surface area contributed by atoms with Gasteiger partial charge in [-0.2, -0.15) is 0 Å². The van der Waals surface area contributed by atoms with Crippen LogP contribution in [0.1, 0.15) is 20.8 Å². The fourth-order valence-electron chi connectivity index (χ4n) is 2.39. The van der Waals surface area contributed by atoms with Crippen LogP contribution in [0.3, 0.4) is 0 Å². The van der Waals surface area contributed by atoms with E-state index in [2.05, 4.69) is 5.32 Å². The number of amides is 1. The molecule has 0 saturated carbocycles. The molecule has 0 aliphatic rings. The van der Waals surface area contributed by atoms with Crippen LogP contribution in [0, 0.1) is 0 Å². The van der Waals surface area contributed by atoms with Crippen molar-refractivity contribution in [1.82, 2.24) is 5.32 Å². The average molecular weight is 345 g/mol. The van der Waals surface area contributed by atoms with Crippen LogP contribution in [0.2, 0.25) is 0 Å². The highest BCUT2D eigenvalue weighted by atomic mass is 16.6. The summed E-state index contributed by atoms with van der Waals surface area (Å²) in [4.78, 5) is 23.1. The number of nitrogens with one attached hydrogen (secondary N) is 1. The summed E-state index contributed by atoms with van der Waals surface area (Å²) >= 11 is 0. The highest BCUT2D eigenvalue weighted by molar-refractivity contribution is 6.01. The van der Waals surface area contributed by atoms with Gasteiger partial charge in [0.25, 0.3) is 0 Å². The Morgan fingerprint density at radius 3 is 2.68 bits per heavy atom. The lowest BCUT2D eigenvalue weighted by molar-refractivity contribution is 0.0520. The van der Waals surface area contributed by atoms with Crippen LogP contribution in [0.4, 0.5) is 4.79 Å². The monoisotopic (exact) mass is 345 g/mol. The van der Waals surface area contributed by atoms with Gasteiger partial charge in [0.15, 0.2) is 0 Å². The number of hydrogen-bond donors (Lipinski definition) is 1. The van der Waals surface area contributed by atoms with Crippen molar-refractivity contribution in [3.05, 3.63) is 40.9 Å². The molecule has 2 heterocycles. The molecular formula is C18H19NO6. The molecule has 0 atom stereocenters. The van der Waals surface area contributed by atoms with Crippen LogP contribution in [0.15, 0.2) is 44.2 Å². The number of rotatable bonds is 4. The number of benzene rings is 1. The Hall–Kier alpha value is -2.96. The molecule has 0 bridgehead atoms. The zero-order chi connectivity index (χ0) is 18.0. The number of carbonyl (C=O) groups excluding carboxylic acids is 1. The third kappa shape index (κ3) is 3.93. The fraction of sp³-hybridized carbons (Fsp3) is 0.333. The van der Waals surface area contributed by atoms with E-state index < -0.39 is 17.3 Å². The summed E-state index contributed by atoms with van der Waals surface area (Å²) < 4.78 is 21.5. The lowest BCUT2D eigenvalue weighted by atomic mass is 10.1. The molecule has 7 heteroatoms. The molecule has 1 N–H and O–H groups in total. The van der Waals surface area contributed by atoms with Crippen molar-refractivity contribution in [2.45, 2.75) is 26.4 Å². The number of alkyl carbamates (subject to hydrolysis) is 1. The number of hydrogen-bond acceptors (Lipinski definition) is 6. The molecule has 1 amide bonds. The molecule has 0 fully saturated rings. The Balaban J connectivity index is 1.75. The van der Waals surface area contributed by atoms with Crippen molar-refractivity contribution in [2.75, 3.05) is 13.2 Å². The highest BCUT2D eigenvalue weighted by Crippen LogP contribution is 2.34. The quantitative estimate of drug-likeness (QED) is 0.575. The standard InChI is InChI=1S/C18H19NO6/c1-18(2,3)25-17(21)19-7-9-23-16-11-4-5-15(20)24-14(11)10-13-12(16)6-8-22-13/h4-6,8,10H,7,9H2,1-3H3,(H,19,21). The fourth-order valence-corrected chi connectivity index (χ4v) is 2.39. The van der Waals surface area contributed by atoms with E-state index in [-0.39, 0.29) is 13.2 Å². The Kier molecular flexibility index (Phi) is 4.39.